The van der Waals surface area contributed by atoms with Gasteiger partial charge in [0, 0.05) is 26.4 Å². The standard InChI is InChI=1S/C29H21NO.C22H14BrN.C2H6.CH2O/c1-31-28-18-17-22(20-9-3-2-4-10-20)19-27(28)30-25-15-6-5-13-23(25)24-14-7-11-21-12-8-16-26(30)29(21)24;23-18-11-2-4-13-20(18)24-19-12-3-1-9-16(19)17-10-5-7-15-8-6-14-21(24)22(15)17;2*1-2/h2-19H,1H3;1-14H;1-2H3;1H2. The van der Waals surface area contributed by atoms with E-state index in [1.165, 1.54) is 72.0 Å². The first-order chi connectivity index (χ1) is 29.2. The Hall–Kier alpha value is -6.95. The molecule has 288 valence electrons. The zero-order chi connectivity index (χ0) is 40.9. The van der Waals surface area contributed by atoms with Gasteiger partial charge in [-0.1, -0.05) is 159 Å². The van der Waals surface area contributed by atoms with E-state index in [4.69, 9.17) is 9.53 Å². The van der Waals surface area contributed by atoms with E-state index in [0.29, 0.717) is 0 Å². The number of carbonyl (C=O) groups is 1. The predicted octanol–water partition coefficient (Wildman–Crippen LogP) is 15.9. The second-order valence-corrected chi connectivity index (χ2v) is 14.6. The van der Waals surface area contributed by atoms with Crippen molar-refractivity contribution in [3.8, 4) is 39.1 Å². The third-order valence-electron chi connectivity index (χ3n) is 10.7. The molecule has 9 aromatic carbocycles. The number of methoxy groups -OCH3 is 1. The summed E-state index contributed by atoms with van der Waals surface area (Å²) < 4.78 is 6.94. The highest BCUT2D eigenvalue weighted by Crippen LogP contribution is 2.54. The first-order valence-corrected chi connectivity index (χ1v) is 20.6. The second kappa shape index (κ2) is 17.3. The number of hydrogen-bond donors (Lipinski definition) is 0. The summed E-state index contributed by atoms with van der Waals surface area (Å²) in [5, 5.41) is 5.11. The van der Waals surface area contributed by atoms with Crippen LogP contribution in [0.5, 0.6) is 5.75 Å². The SMILES string of the molecule is Brc1ccccc1N1c2ccccc2-c2cccc3cccc1c23.C=O.CC.COc1ccc(-c2ccccc2)cc1N1c2ccccc2-c2cccc3cccc1c23. The van der Waals surface area contributed by atoms with Crippen LogP contribution >= 0.6 is 15.9 Å². The number of halogens is 1. The minimum Gasteiger partial charge on any atom is -0.495 e. The molecule has 2 aliphatic heterocycles. The fourth-order valence-corrected chi connectivity index (χ4v) is 8.81. The number of anilines is 6. The van der Waals surface area contributed by atoms with E-state index >= 15 is 0 Å². The van der Waals surface area contributed by atoms with Crippen LogP contribution in [0, 0.1) is 0 Å². The van der Waals surface area contributed by atoms with Crippen molar-refractivity contribution in [2.75, 3.05) is 16.9 Å². The fourth-order valence-electron chi connectivity index (χ4n) is 8.34. The van der Waals surface area contributed by atoms with E-state index in [-0.39, 0.29) is 0 Å². The molecule has 9 aromatic rings. The summed E-state index contributed by atoms with van der Waals surface area (Å²) in [4.78, 5) is 12.7. The van der Waals surface area contributed by atoms with Crippen LogP contribution in [0.1, 0.15) is 13.8 Å². The molecule has 0 N–H and O–H groups in total. The van der Waals surface area contributed by atoms with E-state index < -0.39 is 0 Å². The van der Waals surface area contributed by atoms with Crippen molar-refractivity contribution in [1.82, 2.24) is 0 Å². The lowest BCUT2D eigenvalue weighted by Crippen LogP contribution is -2.16. The van der Waals surface area contributed by atoms with E-state index in [1.54, 1.807) is 7.11 Å². The molecule has 59 heavy (non-hydrogen) atoms. The smallest absolute Gasteiger partial charge is 0.142 e. The molecular formula is C54H43BrN2O2. The summed E-state index contributed by atoms with van der Waals surface area (Å²) in [7, 11) is 1.74. The van der Waals surface area contributed by atoms with Crippen LogP contribution in [-0.2, 0) is 4.79 Å². The van der Waals surface area contributed by atoms with Gasteiger partial charge in [0.25, 0.3) is 0 Å². The molecule has 2 aliphatic rings. The fraction of sp³-hybridized carbons (Fsp3) is 0.0556. The van der Waals surface area contributed by atoms with Crippen molar-refractivity contribution in [2.45, 2.75) is 13.8 Å². The molecule has 0 spiro atoms. The molecule has 4 nitrogen and oxygen atoms in total. The first-order valence-electron chi connectivity index (χ1n) is 19.8. The molecule has 5 heteroatoms. The van der Waals surface area contributed by atoms with Gasteiger partial charge >= 0.3 is 0 Å². The Labute approximate surface area is 354 Å². The Morgan fingerprint density at radius 1 is 0.407 bits per heavy atom. The van der Waals surface area contributed by atoms with Crippen LogP contribution < -0.4 is 14.5 Å². The normalized spacial score (nSPS) is 11.5. The van der Waals surface area contributed by atoms with E-state index in [1.807, 2.05) is 26.7 Å². The maximum absolute atomic E-state index is 8.00. The van der Waals surface area contributed by atoms with Crippen molar-refractivity contribution in [3.63, 3.8) is 0 Å². The number of rotatable bonds is 4. The highest BCUT2D eigenvalue weighted by Gasteiger charge is 2.28. The molecule has 11 rings (SSSR count). The zero-order valence-electron chi connectivity index (χ0n) is 33.3. The van der Waals surface area contributed by atoms with E-state index in [2.05, 4.69) is 214 Å². The van der Waals surface area contributed by atoms with Crippen LogP contribution in [0.2, 0.25) is 0 Å². The molecule has 0 radical (unpaired) electrons. The van der Waals surface area contributed by atoms with Gasteiger partial charge in [-0.2, -0.15) is 0 Å². The molecule has 0 amide bonds. The summed E-state index contributed by atoms with van der Waals surface area (Å²) in [6.45, 7) is 6.00. The quantitative estimate of drug-likeness (QED) is 0.177. The van der Waals surface area contributed by atoms with Crippen molar-refractivity contribution in [1.29, 1.82) is 0 Å². The van der Waals surface area contributed by atoms with Gasteiger partial charge in [0.2, 0.25) is 0 Å². The number of benzene rings is 9. The first kappa shape index (κ1) is 38.9. The third kappa shape index (κ3) is 6.94. The molecule has 0 saturated carbocycles. The maximum Gasteiger partial charge on any atom is 0.142 e. The van der Waals surface area contributed by atoms with Gasteiger partial charge in [-0.15, -0.1) is 0 Å². The second-order valence-electron chi connectivity index (χ2n) is 13.8. The van der Waals surface area contributed by atoms with Crippen LogP contribution in [0.3, 0.4) is 0 Å². The monoisotopic (exact) mass is 830 g/mol. The minimum absolute atomic E-state index is 0.853. The highest BCUT2D eigenvalue weighted by molar-refractivity contribution is 9.10. The lowest BCUT2D eigenvalue weighted by atomic mass is 9.90. The Balaban J connectivity index is 0.000000156. The van der Waals surface area contributed by atoms with Gasteiger partial charge in [0.15, 0.2) is 0 Å². The average molecular weight is 832 g/mol. The number of carbonyl (C=O) groups excluding carboxylic acids is 1. The van der Waals surface area contributed by atoms with Crippen LogP contribution in [0.15, 0.2) is 199 Å². The summed E-state index contributed by atoms with van der Waals surface area (Å²) in [5.74, 6) is 0.853. The summed E-state index contributed by atoms with van der Waals surface area (Å²) in [6.07, 6.45) is 0. The van der Waals surface area contributed by atoms with Crippen molar-refractivity contribution in [3.05, 3.63) is 199 Å². The van der Waals surface area contributed by atoms with Crippen LogP contribution in [-0.4, -0.2) is 13.9 Å². The highest BCUT2D eigenvalue weighted by atomic mass is 79.9. The molecule has 2 heterocycles. The van der Waals surface area contributed by atoms with Gasteiger partial charge in [-0.25, -0.2) is 0 Å². The molecule has 0 fully saturated rings. The summed E-state index contributed by atoms with van der Waals surface area (Å²) in [5.41, 5.74) is 14.4. The topological polar surface area (TPSA) is 32.8 Å². The molecule has 0 aromatic heterocycles. The van der Waals surface area contributed by atoms with Crippen LogP contribution in [0.4, 0.5) is 34.1 Å². The number of ether oxygens (including phenoxy) is 1. The van der Waals surface area contributed by atoms with E-state index in [0.717, 1.165) is 27.3 Å². The van der Waals surface area contributed by atoms with Gasteiger partial charge in [-0.3, -0.25) is 0 Å². The third-order valence-corrected chi connectivity index (χ3v) is 11.4. The molecular weight excluding hydrogens is 789 g/mol. The lowest BCUT2D eigenvalue weighted by Gasteiger charge is -2.34. The molecule has 0 unspecified atom stereocenters. The Morgan fingerprint density at radius 2 is 0.831 bits per heavy atom. The van der Waals surface area contributed by atoms with Gasteiger partial charge in [-0.05, 0) is 97.5 Å². The number of fused-ring (bicyclic) bond motifs is 4. The average Bonchev–Trinajstić information content (AvgIpc) is 3.32. The maximum atomic E-state index is 8.00. The molecule has 0 atom stereocenters. The molecule has 0 bridgehead atoms. The number of para-hydroxylation sites is 3. The van der Waals surface area contributed by atoms with Crippen molar-refractivity contribution >= 4 is 78.4 Å². The van der Waals surface area contributed by atoms with Gasteiger partial charge < -0.3 is 19.3 Å². The Bertz CT molecular complexity index is 2920. The molecule has 0 aliphatic carbocycles. The number of hydrogen-bond acceptors (Lipinski definition) is 4. The number of nitrogens with zero attached hydrogens (tertiary/aromatic N) is 2. The Kier molecular flexibility index (Phi) is 11.4. The minimum atomic E-state index is 0.853. The van der Waals surface area contributed by atoms with Crippen molar-refractivity contribution in [2.24, 2.45) is 0 Å². The van der Waals surface area contributed by atoms with Crippen molar-refractivity contribution < 1.29 is 9.53 Å². The lowest BCUT2D eigenvalue weighted by molar-refractivity contribution is -0.0980. The Morgan fingerprint density at radius 3 is 1.36 bits per heavy atom. The van der Waals surface area contributed by atoms with Gasteiger partial charge in [0.1, 0.15) is 12.5 Å². The zero-order valence-corrected chi connectivity index (χ0v) is 34.9. The summed E-state index contributed by atoms with van der Waals surface area (Å²) in [6, 6.07) is 68.7. The van der Waals surface area contributed by atoms with E-state index in [9.17, 15) is 0 Å². The predicted molar refractivity (Wildman–Crippen MR) is 253 cm³/mol. The summed E-state index contributed by atoms with van der Waals surface area (Å²) >= 11 is 3.73. The largest absolute Gasteiger partial charge is 0.495 e. The van der Waals surface area contributed by atoms with Gasteiger partial charge in [0.05, 0.1) is 41.2 Å². The molecule has 0 saturated heterocycles. The van der Waals surface area contributed by atoms with Crippen LogP contribution in [0.25, 0.3) is 54.9 Å².